The molecule has 1 N–H and O–H groups in total. The van der Waals surface area contributed by atoms with E-state index in [1.54, 1.807) is 0 Å². The van der Waals surface area contributed by atoms with Gasteiger partial charge in [-0.15, -0.1) is 0 Å². The fourth-order valence-corrected chi connectivity index (χ4v) is 2.76. The second kappa shape index (κ2) is 5.86. The highest BCUT2D eigenvalue weighted by molar-refractivity contribution is 4.77. The lowest BCUT2D eigenvalue weighted by Crippen LogP contribution is -2.35. The van der Waals surface area contributed by atoms with Crippen LogP contribution >= 0.6 is 0 Å². The number of hydrogen-bond acceptors (Lipinski definition) is 2. The van der Waals surface area contributed by atoms with E-state index in [1.807, 2.05) is 0 Å². The van der Waals surface area contributed by atoms with Gasteiger partial charge in [-0.1, -0.05) is 13.3 Å². The van der Waals surface area contributed by atoms with Crippen LogP contribution in [0.5, 0.6) is 0 Å². The van der Waals surface area contributed by atoms with Gasteiger partial charge in [-0.3, -0.25) is 0 Å². The van der Waals surface area contributed by atoms with E-state index < -0.39 is 0 Å². The molecule has 0 bridgehead atoms. The van der Waals surface area contributed by atoms with Crippen molar-refractivity contribution in [2.45, 2.75) is 51.5 Å². The maximum absolute atomic E-state index is 3.59. The Morgan fingerprint density at radius 1 is 1.20 bits per heavy atom. The number of rotatable bonds is 6. The lowest BCUT2D eigenvalue weighted by molar-refractivity contribution is 0.178. The topological polar surface area (TPSA) is 15.3 Å². The Hall–Kier alpha value is -0.0800. The zero-order chi connectivity index (χ0) is 10.5. The molecule has 2 fully saturated rings. The quantitative estimate of drug-likeness (QED) is 0.723. The highest BCUT2D eigenvalue weighted by Crippen LogP contribution is 2.27. The second-order valence-corrected chi connectivity index (χ2v) is 5.27. The Morgan fingerprint density at radius 2 is 2.07 bits per heavy atom. The Balaban J connectivity index is 1.60. The molecule has 1 heterocycles. The Bertz CT molecular complexity index is 171. The Kier molecular flexibility index (Phi) is 4.45. The third kappa shape index (κ3) is 3.46. The maximum Gasteiger partial charge on any atom is 0.00797 e. The molecule has 15 heavy (non-hydrogen) atoms. The van der Waals surface area contributed by atoms with Crippen molar-refractivity contribution in [1.29, 1.82) is 0 Å². The molecular formula is C13H26N2. The van der Waals surface area contributed by atoms with Crippen molar-refractivity contribution >= 4 is 0 Å². The van der Waals surface area contributed by atoms with Gasteiger partial charge in [-0.25, -0.2) is 0 Å². The van der Waals surface area contributed by atoms with E-state index in [1.165, 1.54) is 64.7 Å². The maximum atomic E-state index is 3.59. The molecule has 1 saturated heterocycles. The van der Waals surface area contributed by atoms with Gasteiger partial charge in [-0.2, -0.15) is 0 Å². The molecule has 0 amide bonds. The molecule has 1 aliphatic carbocycles. The van der Waals surface area contributed by atoms with Gasteiger partial charge >= 0.3 is 0 Å². The van der Waals surface area contributed by atoms with Crippen molar-refractivity contribution in [3.05, 3.63) is 0 Å². The second-order valence-electron chi connectivity index (χ2n) is 5.27. The molecule has 2 rings (SSSR count). The number of hydrogen-bond donors (Lipinski definition) is 1. The van der Waals surface area contributed by atoms with Crippen LogP contribution in [0.4, 0.5) is 0 Å². The molecule has 0 aromatic rings. The van der Waals surface area contributed by atoms with E-state index in [0.717, 1.165) is 12.0 Å². The normalized spacial score (nSPS) is 27.2. The SMILES string of the molecule is CCN(CCC1CCCN1)CC1CCC1. The lowest BCUT2D eigenvalue weighted by Gasteiger charge is -2.32. The third-order valence-electron chi connectivity index (χ3n) is 4.14. The molecule has 1 atom stereocenters. The Morgan fingerprint density at radius 3 is 2.60 bits per heavy atom. The summed E-state index contributed by atoms with van der Waals surface area (Å²) in [7, 11) is 0. The van der Waals surface area contributed by atoms with Crippen molar-refractivity contribution in [1.82, 2.24) is 10.2 Å². The fourth-order valence-electron chi connectivity index (χ4n) is 2.76. The summed E-state index contributed by atoms with van der Waals surface area (Å²) in [5.41, 5.74) is 0. The van der Waals surface area contributed by atoms with E-state index in [0.29, 0.717) is 0 Å². The molecule has 2 aliphatic rings. The first-order valence-corrected chi connectivity index (χ1v) is 6.84. The highest BCUT2D eigenvalue weighted by atomic mass is 15.1. The van der Waals surface area contributed by atoms with E-state index >= 15 is 0 Å². The first kappa shape index (κ1) is 11.4. The minimum atomic E-state index is 0.820. The summed E-state index contributed by atoms with van der Waals surface area (Å²) in [6.45, 7) is 7.47. The van der Waals surface area contributed by atoms with Crippen molar-refractivity contribution in [2.24, 2.45) is 5.92 Å². The largest absolute Gasteiger partial charge is 0.314 e. The molecule has 0 radical (unpaired) electrons. The molecule has 1 saturated carbocycles. The van der Waals surface area contributed by atoms with Crippen LogP contribution in [0.2, 0.25) is 0 Å². The van der Waals surface area contributed by atoms with E-state index in [2.05, 4.69) is 17.1 Å². The molecular weight excluding hydrogens is 184 g/mol. The predicted octanol–water partition coefficient (Wildman–Crippen LogP) is 2.25. The summed E-state index contributed by atoms with van der Waals surface area (Å²) < 4.78 is 0. The summed E-state index contributed by atoms with van der Waals surface area (Å²) >= 11 is 0. The number of nitrogens with zero attached hydrogens (tertiary/aromatic N) is 1. The van der Waals surface area contributed by atoms with Gasteiger partial charge in [0.2, 0.25) is 0 Å². The zero-order valence-electron chi connectivity index (χ0n) is 10.2. The summed E-state index contributed by atoms with van der Waals surface area (Å²) in [5.74, 6) is 1.03. The summed E-state index contributed by atoms with van der Waals surface area (Å²) in [6.07, 6.45) is 8.60. The van der Waals surface area contributed by atoms with Gasteiger partial charge in [0.25, 0.3) is 0 Å². The number of nitrogens with one attached hydrogen (secondary N) is 1. The van der Waals surface area contributed by atoms with E-state index in [4.69, 9.17) is 0 Å². The van der Waals surface area contributed by atoms with Crippen LogP contribution in [0.3, 0.4) is 0 Å². The van der Waals surface area contributed by atoms with Crippen molar-refractivity contribution in [3.8, 4) is 0 Å². The van der Waals surface area contributed by atoms with Gasteiger partial charge in [-0.05, 0) is 57.7 Å². The molecule has 1 unspecified atom stereocenters. The van der Waals surface area contributed by atoms with Gasteiger partial charge in [0.15, 0.2) is 0 Å². The molecule has 0 spiro atoms. The molecule has 88 valence electrons. The minimum absolute atomic E-state index is 0.820. The average molecular weight is 210 g/mol. The van der Waals surface area contributed by atoms with Crippen molar-refractivity contribution in [2.75, 3.05) is 26.2 Å². The molecule has 1 aliphatic heterocycles. The fraction of sp³-hybridized carbons (Fsp3) is 1.00. The lowest BCUT2D eigenvalue weighted by atomic mass is 9.85. The summed E-state index contributed by atoms with van der Waals surface area (Å²) in [4.78, 5) is 2.66. The molecule has 0 aromatic carbocycles. The standard InChI is InChI=1S/C13H26N2/c1-2-15(11-12-5-3-6-12)10-8-13-7-4-9-14-13/h12-14H,2-11H2,1H3. The van der Waals surface area contributed by atoms with Crippen LogP contribution in [0.1, 0.15) is 45.4 Å². The monoisotopic (exact) mass is 210 g/mol. The van der Waals surface area contributed by atoms with E-state index in [-0.39, 0.29) is 0 Å². The van der Waals surface area contributed by atoms with Gasteiger partial charge in [0.05, 0.1) is 0 Å². The molecule has 2 nitrogen and oxygen atoms in total. The molecule has 0 aromatic heterocycles. The van der Waals surface area contributed by atoms with Crippen LogP contribution in [0.15, 0.2) is 0 Å². The van der Waals surface area contributed by atoms with Crippen LogP contribution in [-0.4, -0.2) is 37.1 Å². The summed E-state index contributed by atoms with van der Waals surface area (Å²) in [5, 5.41) is 3.59. The van der Waals surface area contributed by atoms with Crippen molar-refractivity contribution in [3.63, 3.8) is 0 Å². The third-order valence-corrected chi connectivity index (χ3v) is 4.14. The van der Waals surface area contributed by atoms with Gasteiger partial charge in [0.1, 0.15) is 0 Å². The predicted molar refractivity (Wildman–Crippen MR) is 65.1 cm³/mol. The molecule has 2 heteroatoms. The zero-order valence-corrected chi connectivity index (χ0v) is 10.2. The average Bonchev–Trinajstić information content (AvgIpc) is 2.68. The first-order valence-electron chi connectivity index (χ1n) is 6.84. The minimum Gasteiger partial charge on any atom is -0.314 e. The van der Waals surface area contributed by atoms with Crippen LogP contribution in [0.25, 0.3) is 0 Å². The van der Waals surface area contributed by atoms with Gasteiger partial charge < -0.3 is 10.2 Å². The smallest absolute Gasteiger partial charge is 0.00797 e. The van der Waals surface area contributed by atoms with Crippen LogP contribution < -0.4 is 5.32 Å². The first-order chi connectivity index (χ1) is 7.38. The van der Waals surface area contributed by atoms with E-state index in [9.17, 15) is 0 Å². The van der Waals surface area contributed by atoms with Crippen LogP contribution in [-0.2, 0) is 0 Å². The summed E-state index contributed by atoms with van der Waals surface area (Å²) in [6, 6.07) is 0.820. The van der Waals surface area contributed by atoms with Crippen LogP contribution in [0, 0.1) is 5.92 Å². The van der Waals surface area contributed by atoms with Crippen molar-refractivity contribution < 1.29 is 0 Å². The Labute approximate surface area is 94.4 Å². The highest BCUT2D eigenvalue weighted by Gasteiger charge is 2.21. The van der Waals surface area contributed by atoms with Gasteiger partial charge in [0, 0.05) is 12.6 Å².